The highest BCUT2D eigenvalue weighted by Crippen LogP contribution is 2.21. The van der Waals surface area contributed by atoms with Gasteiger partial charge in [0, 0.05) is 12.6 Å². The maximum absolute atomic E-state index is 11.2. The molecule has 0 fully saturated rings. The molecule has 7 heteroatoms. The number of benzene rings is 2. The van der Waals surface area contributed by atoms with Crippen molar-refractivity contribution < 1.29 is 17.8 Å². The van der Waals surface area contributed by atoms with Gasteiger partial charge in [0.05, 0.1) is 5.69 Å². The number of hydrogen-bond donors (Lipinski definition) is 3. The number of carbonyl (C=O) groups is 1. The first-order chi connectivity index (χ1) is 10.8. The summed E-state index contributed by atoms with van der Waals surface area (Å²) in [6.45, 7) is 1.43. The molecule has 2 rings (SSSR count). The smallest absolute Gasteiger partial charge is 0.296 e. The van der Waals surface area contributed by atoms with Gasteiger partial charge in [-0.25, -0.2) is 0 Å². The average Bonchev–Trinajstić information content (AvgIpc) is 2.46. The molecule has 0 saturated heterocycles. The zero-order valence-electron chi connectivity index (χ0n) is 12.4. The maximum Gasteiger partial charge on any atom is 0.296 e. The third kappa shape index (κ3) is 4.67. The Morgan fingerprint density at radius 2 is 1.65 bits per heavy atom. The molecule has 1 amide bonds. The summed E-state index contributed by atoms with van der Waals surface area (Å²) in [5.41, 5.74) is 7.67. The predicted molar refractivity (Wildman–Crippen MR) is 90.3 cm³/mol. The van der Waals surface area contributed by atoms with Crippen LogP contribution in [0.1, 0.15) is 18.1 Å². The van der Waals surface area contributed by atoms with Gasteiger partial charge < -0.3 is 11.1 Å². The molecule has 0 heterocycles. The van der Waals surface area contributed by atoms with E-state index in [1.807, 2.05) is 12.1 Å². The van der Waals surface area contributed by atoms with Crippen LogP contribution in [0.15, 0.2) is 47.4 Å². The molecule has 23 heavy (non-hydrogen) atoms. The first-order valence-electron chi connectivity index (χ1n) is 6.68. The number of nitrogens with one attached hydrogen (secondary N) is 1. The quantitative estimate of drug-likeness (QED) is 0.453. The van der Waals surface area contributed by atoms with Crippen LogP contribution in [0, 0.1) is 0 Å². The first kappa shape index (κ1) is 16.7. The normalized spacial score (nSPS) is 11.6. The Morgan fingerprint density at radius 1 is 1.09 bits per heavy atom. The summed E-state index contributed by atoms with van der Waals surface area (Å²) in [5, 5.41) is 2.66. The van der Waals surface area contributed by atoms with Gasteiger partial charge in [-0.2, -0.15) is 8.42 Å². The minimum atomic E-state index is -4.36. The first-order valence-corrected chi connectivity index (χ1v) is 8.12. The lowest BCUT2D eigenvalue weighted by molar-refractivity contribution is -0.114. The van der Waals surface area contributed by atoms with Crippen molar-refractivity contribution in [3.05, 3.63) is 53.6 Å². The Hall–Kier alpha value is -2.64. The van der Waals surface area contributed by atoms with Crippen molar-refractivity contribution >= 4 is 39.6 Å². The second-order valence-electron chi connectivity index (χ2n) is 4.91. The Bertz CT molecular complexity index is 856. The number of nitrogens with two attached hydrogens (primary N) is 1. The van der Waals surface area contributed by atoms with E-state index in [9.17, 15) is 13.2 Å². The van der Waals surface area contributed by atoms with E-state index in [0.29, 0.717) is 11.3 Å². The summed E-state index contributed by atoms with van der Waals surface area (Å²) < 4.78 is 31.6. The summed E-state index contributed by atoms with van der Waals surface area (Å²) >= 11 is 0. The van der Waals surface area contributed by atoms with E-state index >= 15 is 0 Å². The number of amides is 1. The molecule has 0 aliphatic rings. The van der Waals surface area contributed by atoms with E-state index in [-0.39, 0.29) is 16.5 Å². The topological polar surface area (TPSA) is 109 Å². The summed E-state index contributed by atoms with van der Waals surface area (Å²) in [5.74, 6) is -0.145. The van der Waals surface area contributed by atoms with Crippen molar-refractivity contribution in [2.75, 3.05) is 11.1 Å². The van der Waals surface area contributed by atoms with Gasteiger partial charge in [0.15, 0.2) is 0 Å². The van der Waals surface area contributed by atoms with E-state index in [4.69, 9.17) is 10.3 Å². The molecule has 0 bridgehead atoms. The van der Waals surface area contributed by atoms with Crippen LogP contribution in [0.3, 0.4) is 0 Å². The highest BCUT2D eigenvalue weighted by molar-refractivity contribution is 7.86. The number of anilines is 2. The molecular weight excluding hydrogens is 316 g/mol. The van der Waals surface area contributed by atoms with Crippen LogP contribution in [0.4, 0.5) is 11.4 Å². The molecule has 0 aromatic heterocycles. The second-order valence-corrected chi connectivity index (χ2v) is 6.30. The van der Waals surface area contributed by atoms with Gasteiger partial charge in [-0.05, 0) is 35.4 Å². The fraction of sp³-hybridized carbons (Fsp3) is 0.0625. The number of rotatable bonds is 4. The molecule has 0 aliphatic carbocycles. The van der Waals surface area contributed by atoms with Crippen molar-refractivity contribution in [1.82, 2.24) is 0 Å². The summed E-state index contributed by atoms with van der Waals surface area (Å²) in [4.78, 5) is 10.6. The molecule has 0 spiro atoms. The van der Waals surface area contributed by atoms with Crippen LogP contribution in [0.2, 0.25) is 0 Å². The van der Waals surface area contributed by atoms with Crippen molar-refractivity contribution in [3.63, 3.8) is 0 Å². The molecule has 0 aliphatic heterocycles. The molecular formula is C16H16N2O4S. The Morgan fingerprint density at radius 3 is 2.22 bits per heavy atom. The van der Waals surface area contributed by atoms with Crippen LogP contribution in [-0.2, 0) is 14.9 Å². The fourth-order valence-electron chi connectivity index (χ4n) is 1.95. The lowest BCUT2D eigenvalue weighted by Crippen LogP contribution is -2.05. The number of hydrogen-bond acceptors (Lipinski definition) is 4. The Balaban J connectivity index is 2.22. The van der Waals surface area contributed by atoms with Gasteiger partial charge in [0.25, 0.3) is 10.1 Å². The van der Waals surface area contributed by atoms with Crippen molar-refractivity contribution in [1.29, 1.82) is 0 Å². The zero-order chi connectivity index (χ0) is 17.0. The largest absolute Gasteiger partial charge is 0.398 e. The van der Waals surface area contributed by atoms with Gasteiger partial charge in [0.2, 0.25) is 5.91 Å². The van der Waals surface area contributed by atoms with E-state index in [1.54, 1.807) is 30.4 Å². The minimum absolute atomic E-state index is 0.00990. The Kier molecular flexibility index (Phi) is 4.83. The molecule has 0 radical (unpaired) electrons. The van der Waals surface area contributed by atoms with Gasteiger partial charge in [-0.1, -0.05) is 30.4 Å². The van der Waals surface area contributed by atoms with E-state index in [1.165, 1.54) is 19.1 Å². The highest BCUT2D eigenvalue weighted by atomic mass is 32.2. The van der Waals surface area contributed by atoms with Gasteiger partial charge in [-0.3, -0.25) is 9.35 Å². The molecule has 0 atom stereocenters. The predicted octanol–water partition coefficient (Wildman–Crippen LogP) is 2.64. The lowest BCUT2D eigenvalue weighted by atomic mass is 10.1. The molecule has 4 N–H and O–H groups in total. The summed E-state index contributed by atoms with van der Waals surface area (Å²) in [6, 6.07) is 11.5. The third-order valence-corrected chi connectivity index (χ3v) is 3.92. The van der Waals surface area contributed by atoms with E-state index < -0.39 is 10.1 Å². The molecule has 2 aromatic carbocycles. The third-order valence-electron chi connectivity index (χ3n) is 3.01. The number of carbonyl (C=O) groups excluding carboxylic acids is 1. The van der Waals surface area contributed by atoms with Crippen LogP contribution >= 0.6 is 0 Å². The van der Waals surface area contributed by atoms with Gasteiger partial charge in [-0.15, -0.1) is 0 Å². The van der Waals surface area contributed by atoms with E-state index in [0.717, 1.165) is 5.56 Å². The maximum atomic E-state index is 11.2. The standard InChI is InChI=1S/C16H16N2O4S/c1-11(19)18-14-7-4-12(5-8-14)2-3-13-6-9-15(17)16(10-13)23(20,21)22/h2-10H,17H2,1H3,(H,18,19)(H,20,21,22). The molecule has 2 aromatic rings. The van der Waals surface area contributed by atoms with Gasteiger partial charge in [0.1, 0.15) is 4.90 Å². The van der Waals surface area contributed by atoms with Crippen LogP contribution in [0.5, 0.6) is 0 Å². The molecule has 6 nitrogen and oxygen atoms in total. The highest BCUT2D eigenvalue weighted by Gasteiger charge is 2.13. The van der Waals surface area contributed by atoms with E-state index in [2.05, 4.69) is 5.32 Å². The monoisotopic (exact) mass is 332 g/mol. The van der Waals surface area contributed by atoms with Crippen molar-refractivity contribution in [2.24, 2.45) is 0 Å². The number of nitrogen functional groups attached to an aromatic ring is 1. The minimum Gasteiger partial charge on any atom is -0.398 e. The zero-order valence-corrected chi connectivity index (χ0v) is 13.2. The molecule has 120 valence electrons. The molecule has 0 unspecified atom stereocenters. The molecule has 0 saturated carbocycles. The second kappa shape index (κ2) is 6.64. The average molecular weight is 332 g/mol. The lowest BCUT2D eigenvalue weighted by Gasteiger charge is -2.04. The van der Waals surface area contributed by atoms with Crippen molar-refractivity contribution in [3.8, 4) is 0 Å². The summed E-state index contributed by atoms with van der Waals surface area (Å²) in [7, 11) is -4.36. The van der Waals surface area contributed by atoms with Crippen molar-refractivity contribution in [2.45, 2.75) is 11.8 Å². The fourth-order valence-corrected chi connectivity index (χ4v) is 2.60. The summed E-state index contributed by atoms with van der Waals surface area (Å²) in [6.07, 6.45) is 3.47. The van der Waals surface area contributed by atoms with Crippen LogP contribution in [0.25, 0.3) is 12.2 Å². The van der Waals surface area contributed by atoms with Gasteiger partial charge >= 0.3 is 0 Å². The Labute approximate surface area is 134 Å². The van der Waals surface area contributed by atoms with Crippen LogP contribution < -0.4 is 11.1 Å². The SMILES string of the molecule is CC(=O)Nc1ccc(C=Cc2ccc(N)c(S(=O)(=O)O)c2)cc1. The van der Waals surface area contributed by atoms with Crippen LogP contribution in [-0.4, -0.2) is 18.9 Å².